The number of nitrogens with one attached hydrogen (secondary N) is 1. The van der Waals surface area contributed by atoms with E-state index < -0.39 is 0 Å². The van der Waals surface area contributed by atoms with Gasteiger partial charge in [-0.2, -0.15) is 0 Å². The van der Waals surface area contributed by atoms with E-state index in [1.165, 1.54) is 11.3 Å². The van der Waals surface area contributed by atoms with Crippen molar-refractivity contribution in [1.82, 2.24) is 10.3 Å². The third-order valence-electron chi connectivity index (χ3n) is 4.25. The Labute approximate surface area is 150 Å². The van der Waals surface area contributed by atoms with Crippen LogP contribution in [0.2, 0.25) is 0 Å². The van der Waals surface area contributed by atoms with Gasteiger partial charge in [0, 0.05) is 38.1 Å². The molecule has 0 aliphatic carbocycles. The Morgan fingerprint density at radius 2 is 1.96 bits per heavy atom. The quantitative estimate of drug-likeness (QED) is 0.785. The molecule has 25 heavy (non-hydrogen) atoms. The fraction of sp³-hybridized carbons (Fsp3) is 0.450. The zero-order valence-electron chi connectivity index (χ0n) is 15.0. The molecule has 0 spiro atoms. The fourth-order valence-electron chi connectivity index (χ4n) is 3.24. The van der Waals surface area contributed by atoms with Gasteiger partial charge in [0.1, 0.15) is 12.4 Å². The Morgan fingerprint density at radius 3 is 2.72 bits per heavy atom. The second kappa shape index (κ2) is 8.83. The number of hydrogen-bond acceptors (Lipinski definition) is 5. The highest BCUT2D eigenvalue weighted by atomic mass is 16.5. The van der Waals surface area contributed by atoms with Gasteiger partial charge in [0.15, 0.2) is 0 Å². The molecule has 0 bridgehead atoms. The molecule has 5 nitrogen and oxygen atoms in total. The first kappa shape index (κ1) is 17.7. The Morgan fingerprint density at radius 1 is 1.16 bits per heavy atom. The third kappa shape index (κ3) is 5.18. The predicted molar refractivity (Wildman–Crippen MR) is 100 cm³/mol. The Hall–Kier alpha value is -2.11. The van der Waals surface area contributed by atoms with Crippen molar-refractivity contribution in [1.29, 1.82) is 0 Å². The van der Waals surface area contributed by atoms with Gasteiger partial charge in [0.05, 0.1) is 18.4 Å². The molecule has 0 unspecified atom stereocenters. The first-order valence-electron chi connectivity index (χ1n) is 8.94. The van der Waals surface area contributed by atoms with Gasteiger partial charge in [-0.3, -0.25) is 4.98 Å². The van der Waals surface area contributed by atoms with Crippen molar-refractivity contribution in [3.8, 4) is 5.75 Å². The lowest BCUT2D eigenvalue weighted by atomic mass is 10.1. The van der Waals surface area contributed by atoms with Crippen molar-refractivity contribution in [2.75, 3.05) is 31.1 Å². The molecule has 0 amide bonds. The SMILES string of the molecule is C[C@H]1CN(c2ccccc2CNCCOc2cccnc2)C[C@H](C)O1. The van der Waals surface area contributed by atoms with Gasteiger partial charge in [0.25, 0.3) is 0 Å². The van der Waals surface area contributed by atoms with Crippen LogP contribution in [0.25, 0.3) is 0 Å². The summed E-state index contributed by atoms with van der Waals surface area (Å²) in [4.78, 5) is 6.48. The second-order valence-electron chi connectivity index (χ2n) is 6.50. The smallest absolute Gasteiger partial charge is 0.137 e. The van der Waals surface area contributed by atoms with Crippen molar-refractivity contribution < 1.29 is 9.47 Å². The summed E-state index contributed by atoms with van der Waals surface area (Å²) in [6, 6.07) is 12.4. The monoisotopic (exact) mass is 341 g/mol. The molecule has 2 aromatic rings. The number of benzene rings is 1. The maximum atomic E-state index is 5.85. The minimum absolute atomic E-state index is 0.262. The molecule has 3 rings (SSSR count). The molecule has 2 atom stereocenters. The van der Waals surface area contributed by atoms with E-state index in [2.05, 4.69) is 53.3 Å². The Bertz CT molecular complexity index is 640. The van der Waals surface area contributed by atoms with Crippen LogP contribution in [0, 0.1) is 0 Å². The van der Waals surface area contributed by atoms with E-state index in [1.807, 2.05) is 12.1 Å². The molecule has 134 valence electrons. The highest BCUT2D eigenvalue weighted by molar-refractivity contribution is 5.54. The van der Waals surface area contributed by atoms with Crippen LogP contribution in [0.1, 0.15) is 19.4 Å². The molecule has 0 saturated carbocycles. The third-order valence-corrected chi connectivity index (χ3v) is 4.25. The molecule has 1 saturated heterocycles. The van der Waals surface area contributed by atoms with E-state index in [0.717, 1.165) is 31.9 Å². The summed E-state index contributed by atoms with van der Waals surface area (Å²) < 4.78 is 11.5. The Kier molecular flexibility index (Phi) is 6.25. The highest BCUT2D eigenvalue weighted by Crippen LogP contribution is 2.24. The van der Waals surface area contributed by atoms with Crippen LogP contribution in [-0.2, 0) is 11.3 Å². The summed E-state index contributed by atoms with van der Waals surface area (Å²) in [5, 5.41) is 3.47. The topological polar surface area (TPSA) is 46.6 Å². The van der Waals surface area contributed by atoms with E-state index in [1.54, 1.807) is 12.4 Å². The fourth-order valence-corrected chi connectivity index (χ4v) is 3.24. The average molecular weight is 341 g/mol. The van der Waals surface area contributed by atoms with Gasteiger partial charge in [-0.05, 0) is 37.6 Å². The molecule has 5 heteroatoms. The van der Waals surface area contributed by atoms with Crippen molar-refractivity contribution in [2.24, 2.45) is 0 Å². The van der Waals surface area contributed by atoms with Crippen molar-refractivity contribution in [3.63, 3.8) is 0 Å². The van der Waals surface area contributed by atoms with Crippen LogP contribution in [-0.4, -0.2) is 43.4 Å². The number of anilines is 1. The van der Waals surface area contributed by atoms with Crippen LogP contribution in [0.3, 0.4) is 0 Å². The number of para-hydroxylation sites is 1. The number of morpholine rings is 1. The van der Waals surface area contributed by atoms with E-state index in [9.17, 15) is 0 Å². The standard InChI is InChI=1S/C20H27N3O2/c1-16-14-23(15-17(2)25-16)20-8-4-3-6-18(20)12-22-10-11-24-19-7-5-9-21-13-19/h3-9,13,16-17,22H,10-12,14-15H2,1-2H3/t16-,17-/m0/s1. The highest BCUT2D eigenvalue weighted by Gasteiger charge is 2.23. The van der Waals surface area contributed by atoms with Crippen LogP contribution < -0.4 is 15.0 Å². The van der Waals surface area contributed by atoms with Crippen LogP contribution in [0.15, 0.2) is 48.8 Å². The molecule has 1 aromatic heterocycles. The van der Waals surface area contributed by atoms with Crippen LogP contribution >= 0.6 is 0 Å². The maximum absolute atomic E-state index is 5.85. The van der Waals surface area contributed by atoms with Crippen molar-refractivity contribution >= 4 is 5.69 Å². The van der Waals surface area contributed by atoms with Gasteiger partial charge in [0.2, 0.25) is 0 Å². The molecule has 1 aromatic carbocycles. The zero-order chi connectivity index (χ0) is 17.5. The van der Waals surface area contributed by atoms with E-state index in [4.69, 9.17) is 9.47 Å². The van der Waals surface area contributed by atoms with E-state index >= 15 is 0 Å². The molecular weight excluding hydrogens is 314 g/mol. The summed E-state index contributed by atoms with van der Waals surface area (Å²) in [7, 11) is 0. The van der Waals surface area contributed by atoms with Gasteiger partial charge in [-0.25, -0.2) is 0 Å². The second-order valence-corrected chi connectivity index (χ2v) is 6.50. The molecule has 1 aliphatic heterocycles. The number of hydrogen-bond donors (Lipinski definition) is 1. The zero-order valence-corrected chi connectivity index (χ0v) is 15.0. The van der Waals surface area contributed by atoms with Gasteiger partial charge in [-0.1, -0.05) is 18.2 Å². The summed E-state index contributed by atoms with van der Waals surface area (Å²) in [5.74, 6) is 0.806. The lowest BCUT2D eigenvalue weighted by Gasteiger charge is -2.37. The summed E-state index contributed by atoms with van der Waals surface area (Å²) >= 11 is 0. The largest absolute Gasteiger partial charge is 0.491 e. The number of rotatable bonds is 7. The van der Waals surface area contributed by atoms with Crippen molar-refractivity contribution in [3.05, 3.63) is 54.4 Å². The summed E-state index contributed by atoms with van der Waals surface area (Å²) in [6.07, 6.45) is 4.00. The normalized spacial score (nSPS) is 20.5. The van der Waals surface area contributed by atoms with Gasteiger partial charge >= 0.3 is 0 Å². The van der Waals surface area contributed by atoms with E-state index in [-0.39, 0.29) is 12.2 Å². The predicted octanol–water partition coefficient (Wildman–Crippen LogP) is 2.86. The minimum Gasteiger partial charge on any atom is -0.491 e. The molecule has 1 aliphatic rings. The molecule has 2 heterocycles. The number of ether oxygens (including phenoxy) is 2. The van der Waals surface area contributed by atoms with Crippen molar-refractivity contribution in [2.45, 2.75) is 32.6 Å². The lowest BCUT2D eigenvalue weighted by Crippen LogP contribution is -2.46. The maximum Gasteiger partial charge on any atom is 0.137 e. The van der Waals surface area contributed by atoms with E-state index in [0.29, 0.717) is 6.61 Å². The van der Waals surface area contributed by atoms with Crippen LogP contribution in [0.5, 0.6) is 5.75 Å². The first-order valence-corrected chi connectivity index (χ1v) is 8.94. The Balaban J connectivity index is 1.51. The first-order chi connectivity index (χ1) is 12.2. The minimum atomic E-state index is 0.262. The molecule has 0 radical (unpaired) electrons. The molecule has 1 fully saturated rings. The number of pyridine rings is 1. The van der Waals surface area contributed by atoms with Crippen LogP contribution in [0.4, 0.5) is 5.69 Å². The number of nitrogens with zero attached hydrogens (tertiary/aromatic N) is 2. The van der Waals surface area contributed by atoms with Gasteiger partial charge < -0.3 is 19.7 Å². The molecular formula is C20H27N3O2. The lowest BCUT2D eigenvalue weighted by molar-refractivity contribution is -0.00526. The average Bonchev–Trinajstić information content (AvgIpc) is 2.62. The number of aromatic nitrogens is 1. The van der Waals surface area contributed by atoms with Gasteiger partial charge in [-0.15, -0.1) is 0 Å². The molecule has 1 N–H and O–H groups in total. The summed E-state index contributed by atoms with van der Waals surface area (Å²) in [6.45, 7) is 8.39. The summed E-state index contributed by atoms with van der Waals surface area (Å²) in [5.41, 5.74) is 2.61.